The van der Waals surface area contributed by atoms with Gasteiger partial charge in [0.25, 0.3) is 0 Å². The van der Waals surface area contributed by atoms with Gasteiger partial charge in [0.05, 0.1) is 5.69 Å². The van der Waals surface area contributed by atoms with Gasteiger partial charge in [-0.3, -0.25) is 0 Å². The Labute approximate surface area is 396 Å². The fraction of sp³-hybridized carbons (Fsp3) is 0. The summed E-state index contributed by atoms with van der Waals surface area (Å²) in [6.07, 6.45) is 0. The highest BCUT2D eigenvalue weighted by molar-refractivity contribution is 7.26. The van der Waals surface area contributed by atoms with Crippen LogP contribution in [0, 0.1) is 0 Å². The maximum atomic E-state index is 6.90. The molecule has 4 heteroatoms. The molecule has 11 aromatic carbocycles. The summed E-state index contributed by atoms with van der Waals surface area (Å²) in [5, 5.41) is 9.26. The minimum atomic E-state index is 0.850. The third kappa shape index (κ3) is 6.19. The molecule has 0 amide bonds. The topological polar surface area (TPSA) is 29.5 Å². The molecule has 3 aromatic heterocycles. The lowest BCUT2D eigenvalue weighted by Gasteiger charge is -2.28. The van der Waals surface area contributed by atoms with E-state index in [1.54, 1.807) is 0 Å². The van der Waals surface area contributed by atoms with E-state index in [-0.39, 0.29) is 0 Å². The van der Waals surface area contributed by atoms with E-state index in [9.17, 15) is 0 Å². The molecule has 0 spiro atoms. The largest absolute Gasteiger partial charge is 0.455 e. The van der Waals surface area contributed by atoms with Crippen molar-refractivity contribution in [3.8, 4) is 44.5 Å². The van der Waals surface area contributed by atoms with E-state index < -0.39 is 0 Å². The lowest BCUT2D eigenvalue weighted by molar-refractivity contribution is 0.670. The normalized spacial score (nSPS) is 11.8. The third-order valence-corrected chi connectivity index (χ3v) is 14.9. The van der Waals surface area contributed by atoms with Gasteiger partial charge in [0.2, 0.25) is 0 Å². The predicted molar refractivity (Wildman–Crippen MR) is 288 cm³/mol. The molecular weight excluding hydrogens is 847 g/mol. The SMILES string of the molecule is c1ccc(-c2ccc(N(c3ccc(-c4cccc5c4oc4ccccc45)cc3)c3cc4c(cc3-c3ccc(-c5cccc6c5sc5ccccc56)cc3)oc3c5ccccc5ccc43)cc2)cc1. The maximum absolute atomic E-state index is 6.90. The van der Waals surface area contributed by atoms with Crippen molar-refractivity contribution in [1.82, 2.24) is 0 Å². The number of nitrogens with zero attached hydrogens (tertiary/aromatic N) is 1. The highest BCUT2D eigenvalue weighted by Crippen LogP contribution is 2.48. The molecule has 0 unspecified atom stereocenters. The minimum absolute atomic E-state index is 0.850. The maximum Gasteiger partial charge on any atom is 0.143 e. The number of benzene rings is 11. The van der Waals surface area contributed by atoms with Crippen LogP contribution in [0.2, 0.25) is 0 Å². The molecule has 0 aliphatic carbocycles. The summed E-state index contributed by atoms with van der Waals surface area (Å²) in [4.78, 5) is 2.40. The molecule has 0 bridgehead atoms. The first-order valence-electron chi connectivity index (χ1n) is 23.1. The first-order valence-corrected chi connectivity index (χ1v) is 23.9. The van der Waals surface area contributed by atoms with Gasteiger partial charge in [-0.05, 0) is 93.4 Å². The van der Waals surface area contributed by atoms with Gasteiger partial charge in [-0.2, -0.15) is 0 Å². The Morgan fingerprint density at radius 2 is 0.868 bits per heavy atom. The van der Waals surface area contributed by atoms with Crippen LogP contribution in [0.1, 0.15) is 0 Å². The van der Waals surface area contributed by atoms with Gasteiger partial charge in [-0.15, -0.1) is 11.3 Å². The second kappa shape index (κ2) is 15.5. The summed E-state index contributed by atoms with van der Waals surface area (Å²) in [6, 6.07) is 85.2. The van der Waals surface area contributed by atoms with Crippen LogP contribution in [0.5, 0.6) is 0 Å². The number of rotatable bonds is 7. The van der Waals surface area contributed by atoms with E-state index in [1.165, 1.54) is 36.9 Å². The Balaban J connectivity index is 0.971. The van der Waals surface area contributed by atoms with Crippen LogP contribution >= 0.6 is 11.3 Å². The van der Waals surface area contributed by atoms with E-state index in [2.05, 4.69) is 229 Å². The second-order valence-electron chi connectivity index (χ2n) is 17.6. The predicted octanol–water partition coefficient (Wildman–Crippen LogP) is 19.1. The highest BCUT2D eigenvalue weighted by Gasteiger charge is 2.23. The summed E-state index contributed by atoms with van der Waals surface area (Å²) >= 11 is 1.87. The average Bonchev–Trinajstić information content (AvgIpc) is 4.11. The first kappa shape index (κ1) is 38.6. The molecular formula is C64H39NO2S. The molecule has 14 aromatic rings. The van der Waals surface area contributed by atoms with Crippen LogP contribution in [0.15, 0.2) is 245 Å². The Bertz CT molecular complexity index is 4240. The molecule has 3 nitrogen and oxygen atoms in total. The van der Waals surface area contributed by atoms with Gasteiger partial charge in [-0.1, -0.05) is 182 Å². The molecule has 0 aliphatic rings. The van der Waals surface area contributed by atoms with Crippen LogP contribution in [0.25, 0.3) is 119 Å². The van der Waals surface area contributed by atoms with Crippen LogP contribution < -0.4 is 4.90 Å². The van der Waals surface area contributed by atoms with E-state index >= 15 is 0 Å². The van der Waals surface area contributed by atoms with Crippen molar-refractivity contribution in [2.45, 2.75) is 0 Å². The Morgan fingerprint density at radius 3 is 1.66 bits per heavy atom. The Morgan fingerprint density at radius 1 is 0.309 bits per heavy atom. The summed E-state index contributed by atoms with van der Waals surface area (Å²) in [7, 11) is 0. The van der Waals surface area contributed by atoms with E-state index in [0.717, 1.165) is 99.5 Å². The zero-order valence-corrected chi connectivity index (χ0v) is 37.5. The molecule has 0 atom stereocenters. The second-order valence-corrected chi connectivity index (χ2v) is 18.6. The number of furan rings is 2. The van der Waals surface area contributed by atoms with Crippen molar-refractivity contribution in [2.75, 3.05) is 4.90 Å². The van der Waals surface area contributed by atoms with Gasteiger partial charge in [0.1, 0.15) is 22.3 Å². The monoisotopic (exact) mass is 885 g/mol. The van der Waals surface area contributed by atoms with E-state index in [4.69, 9.17) is 8.83 Å². The fourth-order valence-corrected chi connectivity index (χ4v) is 11.6. The van der Waals surface area contributed by atoms with Gasteiger partial charge in [-0.25, -0.2) is 0 Å². The molecule has 0 aliphatic heterocycles. The van der Waals surface area contributed by atoms with Crippen LogP contribution in [0.4, 0.5) is 17.1 Å². The average molecular weight is 886 g/mol. The molecule has 3 heterocycles. The third-order valence-electron chi connectivity index (χ3n) is 13.7. The summed E-state index contributed by atoms with van der Waals surface area (Å²) in [5.41, 5.74) is 15.8. The van der Waals surface area contributed by atoms with Gasteiger partial charge >= 0.3 is 0 Å². The molecule has 0 saturated carbocycles. The van der Waals surface area contributed by atoms with Crippen molar-refractivity contribution in [3.63, 3.8) is 0 Å². The number of fused-ring (bicyclic) bond motifs is 11. The van der Waals surface area contributed by atoms with Crippen molar-refractivity contribution in [2.24, 2.45) is 0 Å². The number of hydrogen-bond donors (Lipinski definition) is 0. The van der Waals surface area contributed by atoms with Gasteiger partial charge in [0.15, 0.2) is 0 Å². The Hall–Kier alpha value is -8.70. The van der Waals surface area contributed by atoms with E-state index in [0.29, 0.717) is 0 Å². The number of thiophene rings is 1. The quantitative estimate of drug-likeness (QED) is 0.160. The summed E-state index contributed by atoms with van der Waals surface area (Å²) in [6.45, 7) is 0. The molecule has 0 saturated heterocycles. The standard InChI is InChI=1S/C64H39NO2S/c1-2-12-40(13-3-1)41-28-33-46(34-29-41)65(47-35-30-43(31-36-47)49-18-10-20-53-51-16-6-8-22-59(51)66-62(49)53)58-38-57-54-37-32-42-14-4-5-15-48(42)63(54)67-60(57)39-56(58)45-26-24-44(25-27-45)50-19-11-21-55-52-17-7-9-23-61(52)68-64(50)55/h1-39H. The first-order chi connectivity index (χ1) is 33.7. The van der Waals surface area contributed by atoms with Crippen LogP contribution in [-0.4, -0.2) is 0 Å². The van der Waals surface area contributed by atoms with Crippen molar-refractivity contribution in [3.05, 3.63) is 237 Å². The minimum Gasteiger partial charge on any atom is -0.455 e. The lowest BCUT2D eigenvalue weighted by Crippen LogP contribution is -2.11. The summed E-state index contributed by atoms with van der Waals surface area (Å²) < 4.78 is 16.0. The molecule has 318 valence electrons. The Kier molecular flexibility index (Phi) is 8.76. The van der Waals surface area contributed by atoms with Crippen molar-refractivity contribution in [1.29, 1.82) is 0 Å². The lowest BCUT2D eigenvalue weighted by atomic mass is 9.96. The smallest absolute Gasteiger partial charge is 0.143 e. The number of hydrogen-bond acceptors (Lipinski definition) is 4. The number of para-hydroxylation sites is 2. The highest BCUT2D eigenvalue weighted by atomic mass is 32.1. The molecule has 14 rings (SSSR count). The molecule has 68 heavy (non-hydrogen) atoms. The van der Waals surface area contributed by atoms with Crippen LogP contribution in [0.3, 0.4) is 0 Å². The molecule has 0 N–H and O–H groups in total. The summed E-state index contributed by atoms with van der Waals surface area (Å²) in [5.74, 6) is 0. The molecule has 0 fully saturated rings. The van der Waals surface area contributed by atoms with Gasteiger partial charge < -0.3 is 13.7 Å². The van der Waals surface area contributed by atoms with Gasteiger partial charge in [0, 0.05) is 69.6 Å². The zero-order chi connectivity index (χ0) is 44.7. The van der Waals surface area contributed by atoms with Crippen molar-refractivity contribution < 1.29 is 8.83 Å². The molecule has 0 radical (unpaired) electrons. The fourth-order valence-electron chi connectivity index (χ4n) is 10.4. The van der Waals surface area contributed by atoms with Crippen molar-refractivity contribution >= 4 is 103 Å². The zero-order valence-electron chi connectivity index (χ0n) is 36.7. The van der Waals surface area contributed by atoms with Crippen LogP contribution in [-0.2, 0) is 0 Å². The van der Waals surface area contributed by atoms with E-state index in [1.807, 2.05) is 23.5 Å². The number of anilines is 3.